The molecule has 2 nitrogen and oxygen atoms in total. The molecule has 1 fully saturated rings. The van der Waals surface area contributed by atoms with Gasteiger partial charge >= 0.3 is 6.18 Å². The first-order valence-electron chi connectivity index (χ1n) is 8.07. The normalized spacial score (nSPS) is 17.7. The van der Waals surface area contributed by atoms with Crippen molar-refractivity contribution < 1.29 is 18.0 Å². The number of hydrogen-bond donors (Lipinski definition) is 0. The van der Waals surface area contributed by atoms with E-state index >= 15 is 0 Å². The molecule has 0 aromatic heterocycles. The lowest BCUT2D eigenvalue weighted by molar-refractivity contribution is -0.137. The van der Waals surface area contributed by atoms with E-state index in [2.05, 4.69) is 0 Å². The molecular formula is C19H18F3NOS. The zero-order chi connectivity index (χ0) is 17.9. The standard InChI is InChI=1S/C19H18F3NOS/c20-19(21,22)16-9-7-15(8-10-16)18-23(12-13-25-18)17(24)11-6-14-4-2-1-3-5-14/h1-5,7-10,18H,6,11-13H2. The second-order valence-corrected chi connectivity index (χ2v) is 7.10. The number of carbonyl (C=O) groups is 1. The summed E-state index contributed by atoms with van der Waals surface area (Å²) in [6.45, 7) is 0.629. The summed E-state index contributed by atoms with van der Waals surface area (Å²) in [7, 11) is 0. The third kappa shape index (κ3) is 4.37. The molecule has 1 saturated heterocycles. The third-order valence-electron chi connectivity index (χ3n) is 4.20. The first-order valence-corrected chi connectivity index (χ1v) is 9.12. The first-order chi connectivity index (χ1) is 11.9. The minimum absolute atomic E-state index is 0.0405. The van der Waals surface area contributed by atoms with E-state index in [0.29, 0.717) is 19.4 Å². The maximum Gasteiger partial charge on any atom is 0.416 e. The molecule has 1 aliphatic rings. The zero-order valence-corrected chi connectivity index (χ0v) is 14.3. The topological polar surface area (TPSA) is 20.3 Å². The molecule has 0 radical (unpaired) electrons. The van der Waals surface area contributed by atoms with Gasteiger partial charge in [0.15, 0.2) is 0 Å². The second-order valence-electron chi connectivity index (χ2n) is 5.92. The Bertz CT molecular complexity index is 716. The molecule has 1 aliphatic heterocycles. The van der Waals surface area contributed by atoms with Crippen molar-refractivity contribution in [1.29, 1.82) is 0 Å². The van der Waals surface area contributed by atoms with Crippen molar-refractivity contribution in [3.8, 4) is 0 Å². The zero-order valence-electron chi connectivity index (χ0n) is 13.5. The molecule has 2 aromatic rings. The Balaban J connectivity index is 1.66. The number of rotatable bonds is 4. The highest BCUT2D eigenvalue weighted by Gasteiger charge is 2.33. The Hall–Kier alpha value is -1.95. The Morgan fingerprint density at radius 1 is 1.08 bits per heavy atom. The maximum absolute atomic E-state index is 12.7. The monoisotopic (exact) mass is 365 g/mol. The van der Waals surface area contributed by atoms with Crippen LogP contribution in [0.25, 0.3) is 0 Å². The van der Waals surface area contributed by atoms with Gasteiger partial charge in [0.25, 0.3) is 0 Å². The van der Waals surface area contributed by atoms with E-state index in [1.165, 1.54) is 12.1 Å². The van der Waals surface area contributed by atoms with Crippen molar-refractivity contribution in [2.45, 2.75) is 24.4 Å². The molecule has 0 aliphatic carbocycles. The minimum atomic E-state index is -4.34. The number of amides is 1. The number of alkyl halides is 3. The molecule has 0 spiro atoms. The van der Waals surface area contributed by atoms with Gasteiger partial charge in [-0.15, -0.1) is 11.8 Å². The van der Waals surface area contributed by atoms with Crippen LogP contribution in [0.2, 0.25) is 0 Å². The third-order valence-corrected chi connectivity index (χ3v) is 5.47. The molecule has 3 rings (SSSR count). The van der Waals surface area contributed by atoms with E-state index in [4.69, 9.17) is 0 Å². The summed E-state index contributed by atoms with van der Waals surface area (Å²) in [4.78, 5) is 14.3. The number of thioether (sulfide) groups is 1. The molecule has 1 amide bonds. The van der Waals surface area contributed by atoms with Gasteiger partial charge in [0, 0.05) is 18.7 Å². The average Bonchev–Trinajstić information content (AvgIpc) is 3.10. The molecule has 1 heterocycles. The lowest BCUT2D eigenvalue weighted by Gasteiger charge is -2.24. The van der Waals surface area contributed by atoms with Crippen LogP contribution in [0, 0.1) is 0 Å². The van der Waals surface area contributed by atoms with Crippen molar-refractivity contribution in [2.75, 3.05) is 12.3 Å². The van der Waals surface area contributed by atoms with Gasteiger partial charge in [-0.3, -0.25) is 4.79 Å². The molecule has 0 saturated carbocycles. The summed E-state index contributed by atoms with van der Waals surface area (Å²) in [5.74, 6) is 0.835. The molecular weight excluding hydrogens is 347 g/mol. The lowest BCUT2D eigenvalue weighted by Crippen LogP contribution is -2.30. The Labute approximate surface area is 149 Å². The number of nitrogens with zero attached hydrogens (tertiary/aromatic N) is 1. The Morgan fingerprint density at radius 2 is 1.76 bits per heavy atom. The van der Waals surface area contributed by atoms with E-state index in [0.717, 1.165) is 29.0 Å². The van der Waals surface area contributed by atoms with Crippen molar-refractivity contribution in [3.05, 3.63) is 71.3 Å². The first kappa shape index (κ1) is 17.9. The quantitative estimate of drug-likeness (QED) is 0.767. The lowest BCUT2D eigenvalue weighted by atomic mass is 10.1. The molecule has 6 heteroatoms. The van der Waals surface area contributed by atoms with E-state index in [-0.39, 0.29) is 11.3 Å². The second kappa shape index (κ2) is 7.52. The van der Waals surface area contributed by atoms with Crippen LogP contribution in [0.5, 0.6) is 0 Å². The number of carbonyl (C=O) groups excluding carboxylic acids is 1. The van der Waals surface area contributed by atoms with Crippen LogP contribution in [0.15, 0.2) is 54.6 Å². The highest BCUT2D eigenvalue weighted by Crippen LogP contribution is 2.39. The molecule has 0 N–H and O–H groups in total. The number of benzene rings is 2. The van der Waals surface area contributed by atoms with Crippen molar-refractivity contribution in [1.82, 2.24) is 4.90 Å². The predicted octanol–water partition coefficient (Wildman–Crippen LogP) is 4.91. The van der Waals surface area contributed by atoms with Crippen LogP contribution in [-0.2, 0) is 17.4 Å². The molecule has 25 heavy (non-hydrogen) atoms. The van der Waals surface area contributed by atoms with Gasteiger partial charge in [0.05, 0.1) is 5.56 Å². The minimum Gasteiger partial charge on any atom is -0.326 e. The van der Waals surface area contributed by atoms with Crippen LogP contribution in [0.1, 0.15) is 28.5 Å². The van der Waals surface area contributed by atoms with E-state index in [1.54, 1.807) is 16.7 Å². The summed E-state index contributed by atoms with van der Waals surface area (Å²) in [6.07, 6.45) is -3.27. The van der Waals surface area contributed by atoms with E-state index in [9.17, 15) is 18.0 Å². The van der Waals surface area contributed by atoms with E-state index < -0.39 is 11.7 Å². The van der Waals surface area contributed by atoms with E-state index in [1.807, 2.05) is 30.3 Å². The van der Waals surface area contributed by atoms with Crippen molar-refractivity contribution in [3.63, 3.8) is 0 Å². The van der Waals surface area contributed by atoms with Crippen molar-refractivity contribution in [2.24, 2.45) is 0 Å². The molecule has 0 bridgehead atoms. The Morgan fingerprint density at radius 3 is 2.40 bits per heavy atom. The van der Waals surface area contributed by atoms with Crippen LogP contribution in [-0.4, -0.2) is 23.1 Å². The summed E-state index contributed by atoms with van der Waals surface area (Å²) in [5, 5.41) is -0.203. The molecule has 1 atom stereocenters. The van der Waals surface area contributed by atoms with Gasteiger partial charge in [0.1, 0.15) is 5.37 Å². The van der Waals surface area contributed by atoms with Crippen LogP contribution >= 0.6 is 11.8 Å². The van der Waals surface area contributed by atoms with Crippen LogP contribution < -0.4 is 0 Å². The number of halogens is 3. The van der Waals surface area contributed by atoms with Gasteiger partial charge in [-0.1, -0.05) is 42.5 Å². The Kier molecular flexibility index (Phi) is 5.37. The van der Waals surface area contributed by atoms with Gasteiger partial charge in [-0.2, -0.15) is 13.2 Å². The molecule has 132 valence electrons. The fourth-order valence-corrected chi connectivity index (χ4v) is 4.16. The summed E-state index contributed by atoms with van der Waals surface area (Å²) < 4.78 is 38.1. The van der Waals surface area contributed by atoms with Crippen molar-refractivity contribution >= 4 is 17.7 Å². The molecule has 1 unspecified atom stereocenters. The van der Waals surface area contributed by atoms with Gasteiger partial charge in [-0.25, -0.2) is 0 Å². The summed E-state index contributed by atoms with van der Waals surface area (Å²) >= 11 is 1.59. The SMILES string of the molecule is O=C(CCc1ccccc1)N1CCSC1c1ccc(C(F)(F)F)cc1. The van der Waals surface area contributed by atoms with Gasteiger partial charge in [-0.05, 0) is 29.7 Å². The predicted molar refractivity (Wildman–Crippen MR) is 93.1 cm³/mol. The van der Waals surface area contributed by atoms with Crippen LogP contribution in [0.4, 0.5) is 13.2 Å². The summed E-state index contributed by atoms with van der Waals surface area (Å²) in [6, 6.07) is 14.9. The largest absolute Gasteiger partial charge is 0.416 e. The smallest absolute Gasteiger partial charge is 0.326 e. The van der Waals surface area contributed by atoms with Crippen LogP contribution in [0.3, 0.4) is 0 Å². The van der Waals surface area contributed by atoms with Gasteiger partial charge in [0.2, 0.25) is 5.91 Å². The fourth-order valence-electron chi connectivity index (χ4n) is 2.88. The average molecular weight is 365 g/mol. The highest BCUT2D eigenvalue weighted by molar-refractivity contribution is 7.99. The molecule has 2 aromatic carbocycles. The number of aryl methyl sites for hydroxylation is 1. The maximum atomic E-state index is 12.7. The number of hydrogen-bond acceptors (Lipinski definition) is 2. The summed E-state index contributed by atoms with van der Waals surface area (Å²) in [5.41, 5.74) is 1.18. The highest BCUT2D eigenvalue weighted by atomic mass is 32.2. The fraction of sp³-hybridized carbons (Fsp3) is 0.316. The van der Waals surface area contributed by atoms with Gasteiger partial charge < -0.3 is 4.90 Å².